The van der Waals surface area contributed by atoms with Crippen LogP contribution < -0.4 is 11.1 Å². The molecule has 0 heterocycles. The van der Waals surface area contributed by atoms with E-state index < -0.39 is 0 Å². The number of carbonyl (C=O) groups excluding carboxylic acids is 1. The van der Waals surface area contributed by atoms with E-state index in [1.165, 1.54) is 0 Å². The van der Waals surface area contributed by atoms with E-state index in [1.807, 2.05) is 20.8 Å². The van der Waals surface area contributed by atoms with Crippen LogP contribution in [-0.4, -0.2) is 18.0 Å². The maximum atomic E-state index is 11.6. The number of nitrogens with one attached hydrogen (secondary N) is 1. The van der Waals surface area contributed by atoms with Crippen LogP contribution in [0, 0.1) is 11.8 Å². The van der Waals surface area contributed by atoms with Crippen molar-refractivity contribution in [2.75, 3.05) is 0 Å². The first-order valence-corrected chi connectivity index (χ1v) is 5.93. The van der Waals surface area contributed by atoms with E-state index in [2.05, 4.69) is 19.2 Å². The SMILES string of the molecule is CCC(C)C(C)NC(=O)CC(N)C(C)C. The molecule has 0 saturated carbocycles. The lowest BCUT2D eigenvalue weighted by molar-refractivity contribution is -0.122. The smallest absolute Gasteiger partial charge is 0.221 e. The van der Waals surface area contributed by atoms with E-state index >= 15 is 0 Å². The molecule has 15 heavy (non-hydrogen) atoms. The van der Waals surface area contributed by atoms with E-state index in [4.69, 9.17) is 5.73 Å². The molecular formula is C12H26N2O. The van der Waals surface area contributed by atoms with Crippen molar-refractivity contribution in [2.45, 2.75) is 59.5 Å². The zero-order valence-corrected chi connectivity index (χ0v) is 10.7. The quantitative estimate of drug-likeness (QED) is 0.709. The highest BCUT2D eigenvalue weighted by Crippen LogP contribution is 2.08. The summed E-state index contributed by atoms with van der Waals surface area (Å²) in [5, 5.41) is 3.00. The number of hydrogen-bond acceptors (Lipinski definition) is 2. The molecule has 3 heteroatoms. The molecule has 0 aliphatic heterocycles. The maximum absolute atomic E-state index is 11.6. The first-order valence-electron chi connectivity index (χ1n) is 5.93. The van der Waals surface area contributed by atoms with Gasteiger partial charge in [0.2, 0.25) is 5.91 Å². The highest BCUT2D eigenvalue weighted by Gasteiger charge is 2.16. The largest absolute Gasteiger partial charge is 0.353 e. The van der Waals surface area contributed by atoms with E-state index in [9.17, 15) is 4.79 Å². The molecule has 0 aromatic carbocycles. The number of rotatable bonds is 6. The second-order valence-electron chi connectivity index (χ2n) is 4.85. The average molecular weight is 214 g/mol. The topological polar surface area (TPSA) is 55.1 Å². The molecule has 1 amide bonds. The fourth-order valence-corrected chi connectivity index (χ4v) is 1.26. The second-order valence-corrected chi connectivity index (χ2v) is 4.85. The van der Waals surface area contributed by atoms with E-state index in [0.29, 0.717) is 18.3 Å². The van der Waals surface area contributed by atoms with Crippen LogP contribution in [0.4, 0.5) is 0 Å². The lowest BCUT2D eigenvalue weighted by Crippen LogP contribution is -2.41. The summed E-state index contributed by atoms with van der Waals surface area (Å²) in [5.41, 5.74) is 5.84. The van der Waals surface area contributed by atoms with Crippen molar-refractivity contribution in [3.05, 3.63) is 0 Å². The van der Waals surface area contributed by atoms with Crippen LogP contribution in [0.5, 0.6) is 0 Å². The molecule has 3 unspecified atom stereocenters. The molecule has 0 bridgehead atoms. The summed E-state index contributed by atoms with van der Waals surface area (Å²) in [6.07, 6.45) is 1.51. The van der Waals surface area contributed by atoms with Crippen LogP contribution >= 0.6 is 0 Å². The highest BCUT2D eigenvalue weighted by atomic mass is 16.1. The van der Waals surface area contributed by atoms with Crippen molar-refractivity contribution in [1.82, 2.24) is 5.32 Å². The molecule has 0 radical (unpaired) electrons. The Kier molecular flexibility index (Phi) is 6.57. The van der Waals surface area contributed by atoms with Gasteiger partial charge in [-0.25, -0.2) is 0 Å². The molecule has 0 aromatic rings. The van der Waals surface area contributed by atoms with Crippen LogP contribution in [0.25, 0.3) is 0 Å². The van der Waals surface area contributed by atoms with Gasteiger partial charge in [-0.05, 0) is 18.8 Å². The van der Waals surface area contributed by atoms with Gasteiger partial charge in [-0.3, -0.25) is 4.79 Å². The summed E-state index contributed by atoms with van der Waals surface area (Å²) in [7, 11) is 0. The number of nitrogens with two attached hydrogens (primary N) is 1. The Bertz CT molecular complexity index is 192. The molecule has 0 spiro atoms. The zero-order chi connectivity index (χ0) is 12.0. The van der Waals surface area contributed by atoms with Crippen molar-refractivity contribution in [1.29, 1.82) is 0 Å². The van der Waals surface area contributed by atoms with Crippen LogP contribution in [0.15, 0.2) is 0 Å². The van der Waals surface area contributed by atoms with Crippen molar-refractivity contribution in [3.63, 3.8) is 0 Å². The highest BCUT2D eigenvalue weighted by molar-refractivity contribution is 5.76. The van der Waals surface area contributed by atoms with Gasteiger partial charge in [-0.1, -0.05) is 34.1 Å². The zero-order valence-electron chi connectivity index (χ0n) is 10.7. The molecule has 3 N–H and O–H groups in total. The molecule has 0 aliphatic carbocycles. The first-order chi connectivity index (χ1) is 6.88. The fourth-order valence-electron chi connectivity index (χ4n) is 1.26. The van der Waals surface area contributed by atoms with E-state index in [0.717, 1.165) is 6.42 Å². The lowest BCUT2D eigenvalue weighted by Gasteiger charge is -2.22. The Balaban J connectivity index is 3.93. The standard InChI is InChI=1S/C12H26N2O/c1-6-9(4)10(5)14-12(15)7-11(13)8(2)3/h8-11H,6-7,13H2,1-5H3,(H,14,15). The van der Waals surface area contributed by atoms with Gasteiger partial charge >= 0.3 is 0 Å². The Morgan fingerprint density at radius 3 is 2.20 bits per heavy atom. The monoisotopic (exact) mass is 214 g/mol. The van der Waals surface area contributed by atoms with Crippen LogP contribution in [-0.2, 0) is 4.79 Å². The van der Waals surface area contributed by atoms with Crippen molar-refractivity contribution >= 4 is 5.91 Å². The van der Waals surface area contributed by atoms with Crippen molar-refractivity contribution in [3.8, 4) is 0 Å². The van der Waals surface area contributed by atoms with Gasteiger partial charge in [0.25, 0.3) is 0 Å². The molecule has 0 aromatic heterocycles. The third-order valence-corrected chi connectivity index (χ3v) is 3.16. The van der Waals surface area contributed by atoms with Gasteiger partial charge in [0.05, 0.1) is 0 Å². The van der Waals surface area contributed by atoms with Crippen LogP contribution in [0.1, 0.15) is 47.5 Å². The van der Waals surface area contributed by atoms with Crippen LogP contribution in [0.3, 0.4) is 0 Å². The fraction of sp³-hybridized carbons (Fsp3) is 0.917. The third-order valence-electron chi connectivity index (χ3n) is 3.16. The average Bonchev–Trinajstić information content (AvgIpc) is 2.15. The molecule has 0 rings (SSSR count). The number of hydrogen-bond donors (Lipinski definition) is 2. The Labute approximate surface area is 93.8 Å². The minimum Gasteiger partial charge on any atom is -0.353 e. The molecule has 0 fully saturated rings. The number of carbonyl (C=O) groups is 1. The van der Waals surface area contributed by atoms with Crippen molar-refractivity contribution in [2.24, 2.45) is 17.6 Å². The summed E-state index contributed by atoms with van der Waals surface area (Å²) in [5.74, 6) is 0.947. The summed E-state index contributed by atoms with van der Waals surface area (Å²) in [6.45, 7) is 10.4. The minimum atomic E-state index is -0.0332. The van der Waals surface area contributed by atoms with Gasteiger partial charge in [-0.2, -0.15) is 0 Å². The molecule has 90 valence electrons. The van der Waals surface area contributed by atoms with E-state index in [1.54, 1.807) is 0 Å². The summed E-state index contributed by atoms with van der Waals surface area (Å²) >= 11 is 0. The van der Waals surface area contributed by atoms with Gasteiger partial charge in [0.15, 0.2) is 0 Å². The van der Waals surface area contributed by atoms with Gasteiger partial charge < -0.3 is 11.1 Å². The molecule has 3 atom stereocenters. The van der Waals surface area contributed by atoms with Crippen LogP contribution in [0.2, 0.25) is 0 Å². The molecule has 3 nitrogen and oxygen atoms in total. The number of amides is 1. The van der Waals surface area contributed by atoms with Crippen molar-refractivity contribution < 1.29 is 4.79 Å². The third kappa shape index (κ3) is 5.78. The predicted octanol–water partition coefficient (Wildman–Crippen LogP) is 1.91. The Hall–Kier alpha value is -0.570. The molecular weight excluding hydrogens is 188 g/mol. The van der Waals surface area contributed by atoms with Gasteiger partial charge in [0, 0.05) is 18.5 Å². The van der Waals surface area contributed by atoms with Gasteiger partial charge in [-0.15, -0.1) is 0 Å². The summed E-state index contributed by atoms with van der Waals surface area (Å²) in [4.78, 5) is 11.6. The molecule has 0 saturated heterocycles. The Morgan fingerprint density at radius 1 is 1.27 bits per heavy atom. The summed E-state index contributed by atoms with van der Waals surface area (Å²) < 4.78 is 0. The second kappa shape index (κ2) is 6.83. The maximum Gasteiger partial charge on any atom is 0.221 e. The Morgan fingerprint density at radius 2 is 1.80 bits per heavy atom. The minimum absolute atomic E-state index is 0.0332. The predicted molar refractivity (Wildman–Crippen MR) is 64.5 cm³/mol. The lowest BCUT2D eigenvalue weighted by atomic mass is 9.99. The normalized spacial score (nSPS) is 17.3. The van der Waals surface area contributed by atoms with Gasteiger partial charge in [0.1, 0.15) is 0 Å². The van der Waals surface area contributed by atoms with E-state index in [-0.39, 0.29) is 18.0 Å². The molecule has 0 aliphatic rings. The first kappa shape index (κ1) is 14.4. The summed E-state index contributed by atoms with van der Waals surface area (Å²) in [6, 6.07) is 0.205.